The van der Waals surface area contributed by atoms with Crippen molar-refractivity contribution in [3.63, 3.8) is 0 Å². The quantitative estimate of drug-likeness (QED) is 0.498. The van der Waals surface area contributed by atoms with Gasteiger partial charge in [0.2, 0.25) is 11.8 Å². The number of fused-ring (bicyclic) bond motifs is 6. The molecule has 4 fully saturated rings. The van der Waals surface area contributed by atoms with Crippen LogP contribution in [0.15, 0.2) is 42.5 Å². The summed E-state index contributed by atoms with van der Waals surface area (Å²) < 4.78 is 30.6. The van der Waals surface area contributed by atoms with Crippen LogP contribution in [0.2, 0.25) is 5.02 Å². The third kappa shape index (κ3) is 4.37. The minimum atomic E-state index is -3.22. The van der Waals surface area contributed by atoms with Crippen LogP contribution in [-0.2, 0) is 20.0 Å². The van der Waals surface area contributed by atoms with Crippen LogP contribution in [0, 0.1) is 23.2 Å². The molecule has 2 aromatic carbocycles. The van der Waals surface area contributed by atoms with Crippen molar-refractivity contribution < 1.29 is 28.3 Å². The lowest BCUT2D eigenvalue weighted by molar-refractivity contribution is -0.201. The second kappa shape index (κ2) is 10.1. The zero-order chi connectivity index (χ0) is 29.1. The molecule has 2 aromatic rings. The van der Waals surface area contributed by atoms with E-state index in [1.54, 1.807) is 36.4 Å². The van der Waals surface area contributed by atoms with Crippen molar-refractivity contribution in [2.45, 2.75) is 68.2 Å². The largest absolute Gasteiger partial charge is 0.372 e. The van der Waals surface area contributed by atoms with E-state index in [-0.39, 0.29) is 41.3 Å². The summed E-state index contributed by atoms with van der Waals surface area (Å²) >= 11 is 6.27. The molecule has 3 N–H and O–H groups in total. The first-order valence-corrected chi connectivity index (χ1v) is 14.2. The number of hydrogen-bond donors (Lipinski definition) is 3. The van der Waals surface area contributed by atoms with Crippen molar-refractivity contribution in [2.24, 2.45) is 11.8 Å². The van der Waals surface area contributed by atoms with Gasteiger partial charge in [0.15, 0.2) is 5.60 Å². The number of halogens is 3. The fraction of sp³-hybridized carbons (Fsp3) is 0.467. The van der Waals surface area contributed by atoms with Gasteiger partial charge in [0.1, 0.15) is 12.1 Å². The molecule has 41 heavy (non-hydrogen) atoms. The molecule has 6 atom stereocenters. The van der Waals surface area contributed by atoms with Gasteiger partial charge in [-0.15, -0.1) is 0 Å². The SMILES string of the molecule is N#C[C@@H](C[C@H]1CCCNC1=O)NC(=O)[C@@H]1[C@@H]2CC[C@@H](CC2(F)F)N1C(=O)[C@@]1(O)c2ccccc2-c2ccc(Cl)cc21. The van der Waals surface area contributed by atoms with Crippen molar-refractivity contribution >= 4 is 29.3 Å². The highest BCUT2D eigenvalue weighted by Crippen LogP contribution is 2.54. The normalized spacial score (nSPS) is 30.0. The highest BCUT2D eigenvalue weighted by molar-refractivity contribution is 6.31. The van der Waals surface area contributed by atoms with E-state index in [1.807, 2.05) is 6.07 Å². The number of carbonyl (C=O) groups excluding carboxylic acids is 3. The molecule has 0 unspecified atom stereocenters. The molecule has 7 rings (SSSR count). The number of benzene rings is 2. The van der Waals surface area contributed by atoms with Crippen LogP contribution in [-0.4, -0.2) is 58.3 Å². The fourth-order valence-corrected chi connectivity index (χ4v) is 7.36. The third-order valence-corrected chi connectivity index (χ3v) is 9.35. The molecule has 2 bridgehead atoms. The van der Waals surface area contributed by atoms with E-state index in [9.17, 15) is 24.8 Å². The van der Waals surface area contributed by atoms with E-state index in [0.717, 1.165) is 11.3 Å². The van der Waals surface area contributed by atoms with Gasteiger partial charge >= 0.3 is 0 Å². The molecule has 8 nitrogen and oxygen atoms in total. The molecular weight excluding hydrogens is 554 g/mol. The summed E-state index contributed by atoms with van der Waals surface area (Å²) in [7, 11) is 0. The lowest BCUT2D eigenvalue weighted by Crippen LogP contribution is -2.70. The van der Waals surface area contributed by atoms with E-state index in [1.165, 1.54) is 6.07 Å². The minimum Gasteiger partial charge on any atom is -0.372 e. The number of nitrogens with one attached hydrogen (secondary N) is 2. The number of aliphatic hydroxyl groups is 1. The topological polar surface area (TPSA) is 123 Å². The van der Waals surface area contributed by atoms with E-state index in [4.69, 9.17) is 11.6 Å². The van der Waals surface area contributed by atoms with E-state index < -0.39 is 59.7 Å². The fourth-order valence-electron chi connectivity index (χ4n) is 7.19. The number of nitrogens with zero attached hydrogens (tertiary/aromatic N) is 2. The molecule has 0 radical (unpaired) electrons. The first-order valence-electron chi connectivity index (χ1n) is 13.9. The summed E-state index contributed by atoms with van der Waals surface area (Å²) in [5.74, 6) is -7.19. The van der Waals surface area contributed by atoms with Crippen LogP contribution >= 0.6 is 11.6 Å². The van der Waals surface area contributed by atoms with Crippen LogP contribution in [0.3, 0.4) is 0 Å². The second-order valence-electron chi connectivity index (χ2n) is 11.5. The average Bonchev–Trinajstić information content (AvgIpc) is 3.21. The predicted molar refractivity (Wildman–Crippen MR) is 144 cm³/mol. The van der Waals surface area contributed by atoms with Crippen LogP contribution in [0.5, 0.6) is 0 Å². The minimum absolute atomic E-state index is 0.0131. The van der Waals surface area contributed by atoms with Gasteiger partial charge in [0, 0.05) is 41.1 Å². The summed E-state index contributed by atoms with van der Waals surface area (Å²) in [6, 6.07) is 9.88. The summed E-state index contributed by atoms with van der Waals surface area (Å²) in [6.07, 6.45) is 0.943. The number of amides is 3. The molecule has 0 spiro atoms. The van der Waals surface area contributed by atoms with Crippen molar-refractivity contribution in [1.82, 2.24) is 15.5 Å². The third-order valence-electron chi connectivity index (χ3n) is 9.12. The highest BCUT2D eigenvalue weighted by Gasteiger charge is 2.63. The van der Waals surface area contributed by atoms with Crippen LogP contribution in [0.1, 0.15) is 49.7 Å². The molecular formula is C30H29ClF2N4O4. The van der Waals surface area contributed by atoms with Crippen molar-refractivity contribution in [3.8, 4) is 17.2 Å². The van der Waals surface area contributed by atoms with Gasteiger partial charge in [-0.2, -0.15) is 5.26 Å². The zero-order valence-electron chi connectivity index (χ0n) is 22.1. The summed E-state index contributed by atoms with van der Waals surface area (Å²) in [6.45, 7) is 0.538. The Morgan fingerprint density at radius 2 is 1.93 bits per heavy atom. The number of hydrogen-bond acceptors (Lipinski definition) is 5. The molecule has 3 heterocycles. The summed E-state index contributed by atoms with van der Waals surface area (Å²) in [5, 5.41) is 27.6. The van der Waals surface area contributed by atoms with Gasteiger partial charge in [0.05, 0.1) is 12.0 Å². The van der Waals surface area contributed by atoms with Crippen molar-refractivity contribution in [1.29, 1.82) is 5.26 Å². The first kappa shape index (κ1) is 27.6. The molecule has 11 heteroatoms. The maximum absolute atomic E-state index is 15.3. The summed E-state index contributed by atoms with van der Waals surface area (Å²) in [5.41, 5.74) is -0.546. The van der Waals surface area contributed by atoms with E-state index >= 15 is 8.78 Å². The number of rotatable bonds is 5. The highest BCUT2D eigenvalue weighted by atomic mass is 35.5. The predicted octanol–water partition coefficient (Wildman–Crippen LogP) is 3.50. The van der Waals surface area contributed by atoms with Crippen LogP contribution in [0.4, 0.5) is 8.78 Å². The summed E-state index contributed by atoms with van der Waals surface area (Å²) in [4.78, 5) is 41.6. The van der Waals surface area contributed by atoms with Crippen molar-refractivity contribution in [2.75, 3.05) is 6.54 Å². The Morgan fingerprint density at radius 3 is 2.66 bits per heavy atom. The molecule has 214 valence electrons. The number of alkyl halides is 2. The van der Waals surface area contributed by atoms with Gasteiger partial charge < -0.3 is 20.6 Å². The Balaban J connectivity index is 1.36. The zero-order valence-corrected chi connectivity index (χ0v) is 22.8. The van der Waals surface area contributed by atoms with Crippen LogP contribution < -0.4 is 10.6 Å². The molecule has 5 aliphatic rings. The first-order chi connectivity index (χ1) is 19.6. The molecule has 3 saturated heterocycles. The number of piperidine rings is 3. The van der Waals surface area contributed by atoms with Crippen LogP contribution in [0.25, 0.3) is 11.1 Å². The molecule has 3 amide bonds. The molecule has 1 saturated carbocycles. The van der Waals surface area contributed by atoms with E-state index in [2.05, 4.69) is 10.6 Å². The molecule has 3 aliphatic heterocycles. The second-order valence-corrected chi connectivity index (χ2v) is 11.9. The average molecular weight is 583 g/mol. The Labute approximate surface area is 240 Å². The maximum Gasteiger partial charge on any atom is 0.264 e. The van der Waals surface area contributed by atoms with Gasteiger partial charge in [-0.3, -0.25) is 14.4 Å². The maximum atomic E-state index is 15.3. The van der Waals surface area contributed by atoms with Gasteiger partial charge in [-0.05, 0) is 55.4 Å². The smallest absolute Gasteiger partial charge is 0.264 e. The lowest BCUT2D eigenvalue weighted by Gasteiger charge is -2.54. The Hall–Kier alpha value is -3.55. The van der Waals surface area contributed by atoms with Gasteiger partial charge in [-0.25, -0.2) is 8.78 Å². The molecule has 0 aromatic heterocycles. The monoisotopic (exact) mass is 582 g/mol. The number of carbonyl (C=O) groups is 3. The Kier molecular flexibility index (Phi) is 6.78. The number of nitriles is 1. The van der Waals surface area contributed by atoms with E-state index in [0.29, 0.717) is 24.1 Å². The molecule has 2 aliphatic carbocycles. The standard InChI is InChI=1S/C30H29ClF2N4O4/c31-17-7-9-21-20-5-1-2-6-22(20)30(41,24(21)13-17)28(40)37-19-8-10-23(29(32,33)14-19)25(37)27(39)36-18(15-34)12-16-4-3-11-35-26(16)38/h1-2,5-7,9,13,16,18-19,23,25,41H,3-4,8,10-12,14H2,(H,35,38)(H,36,39)/t16-,18-,19+,23+,25+,30-/m1/s1. The van der Waals surface area contributed by atoms with Crippen molar-refractivity contribution in [3.05, 3.63) is 58.6 Å². The van der Waals surface area contributed by atoms with Gasteiger partial charge in [0.25, 0.3) is 11.8 Å². The van der Waals surface area contributed by atoms with Gasteiger partial charge in [-0.1, -0.05) is 41.9 Å². The lowest BCUT2D eigenvalue weighted by atomic mass is 9.70. The Bertz CT molecular complexity index is 1480. The Morgan fingerprint density at radius 1 is 1.17 bits per heavy atom.